The Morgan fingerprint density at radius 2 is 1.69 bits per heavy atom. The Bertz CT molecular complexity index is 1170. The van der Waals surface area contributed by atoms with Crippen LogP contribution < -0.4 is 5.32 Å². The van der Waals surface area contributed by atoms with Crippen molar-refractivity contribution in [1.82, 2.24) is 15.2 Å². The highest BCUT2D eigenvalue weighted by molar-refractivity contribution is 7.99. The summed E-state index contributed by atoms with van der Waals surface area (Å²) in [4.78, 5) is 27.1. The normalized spacial score (nSPS) is 19.1. The number of aromatic nitrogens is 3. The Balaban J connectivity index is 1.34. The van der Waals surface area contributed by atoms with Crippen LogP contribution in [0.2, 0.25) is 0 Å². The van der Waals surface area contributed by atoms with Crippen LogP contribution in [0.25, 0.3) is 0 Å². The smallest absolute Gasteiger partial charge is 0.303 e. The predicted octanol–water partition coefficient (Wildman–Crippen LogP) is 5.00. The second-order valence-corrected chi connectivity index (χ2v) is 10.4. The molecular formula is C28H34N4O6S. The molecule has 4 rings (SSSR count). The molecule has 1 aliphatic heterocycles. The minimum atomic E-state index is -0.784. The van der Waals surface area contributed by atoms with Gasteiger partial charge in [-0.3, -0.25) is 14.7 Å². The number of carboxylic acid groups (broad SMARTS) is 1. The number of hydrogen-bond donors (Lipinski definition) is 4. The molecule has 0 unspecified atom stereocenters. The zero-order chi connectivity index (χ0) is 27.5. The van der Waals surface area contributed by atoms with E-state index in [4.69, 9.17) is 14.6 Å². The van der Waals surface area contributed by atoms with Crippen molar-refractivity contribution >= 4 is 29.3 Å². The maximum atomic E-state index is 12.3. The number of aliphatic carboxylic acids is 1. The monoisotopic (exact) mass is 554 g/mol. The number of unbranched alkanes of at least 4 members (excludes halogenated alkanes) is 3. The van der Waals surface area contributed by atoms with Crippen molar-refractivity contribution in [2.45, 2.75) is 75.2 Å². The van der Waals surface area contributed by atoms with E-state index in [1.54, 1.807) is 0 Å². The summed E-state index contributed by atoms with van der Waals surface area (Å²) in [5.74, 6) is -0.180. The summed E-state index contributed by atoms with van der Waals surface area (Å²) in [6, 6.07) is 15.2. The quantitative estimate of drug-likeness (QED) is 0.160. The molecule has 0 aliphatic carbocycles. The number of aliphatic hydroxyl groups excluding tert-OH is 1. The van der Waals surface area contributed by atoms with Crippen molar-refractivity contribution in [3.8, 4) is 0 Å². The van der Waals surface area contributed by atoms with Crippen molar-refractivity contribution in [2.24, 2.45) is 0 Å². The Hall–Kier alpha value is -3.25. The summed E-state index contributed by atoms with van der Waals surface area (Å²) >= 11 is 1.54. The van der Waals surface area contributed by atoms with E-state index in [9.17, 15) is 14.7 Å². The molecule has 39 heavy (non-hydrogen) atoms. The lowest BCUT2D eigenvalue weighted by atomic mass is 10.0. The highest BCUT2D eigenvalue weighted by atomic mass is 32.2. The van der Waals surface area contributed by atoms with E-state index in [-0.39, 0.29) is 31.1 Å². The lowest BCUT2D eigenvalue weighted by molar-refractivity contribution is -0.245. The van der Waals surface area contributed by atoms with Crippen LogP contribution in [0.5, 0.6) is 0 Å². The van der Waals surface area contributed by atoms with E-state index in [1.165, 1.54) is 18.1 Å². The molecule has 1 aromatic heterocycles. The molecule has 3 atom stereocenters. The molecule has 0 bridgehead atoms. The molecule has 0 radical (unpaired) electrons. The van der Waals surface area contributed by atoms with Crippen molar-refractivity contribution in [3.63, 3.8) is 0 Å². The zero-order valence-electron chi connectivity index (χ0n) is 21.6. The number of rotatable bonds is 14. The van der Waals surface area contributed by atoms with Crippen LogP contribution in [0.4, 0.5) is 5.69 Å². The first kappa shape index (κ1) is 28.8. The van der Waals surface area contributed by atoms with Gasteiger partial charge < -0.3 is 25.0 Å². The number of thioether (sulfide) groups is 1. The predicted molar refractivity (Wildman–Crippen MR) is 146 cm³/mol. The highest BCUT2D eigenvalue weighted by Gasteiger charge is 2.32. The van der Waals surface area contributed by atoms with Crippen LogP contribution in [0, 0.1) is 0 Å². The Kier molecular flexibility index (Phi) is 10.9. The molecule has 2 heterocycles. The summed E-state index contributed by atoms with van der Waals surface area (Å²) in [6.07, 6.45) is 4.83. The first-order valence-electron chi connectivity index (χ1n) is 13.1. The van der Waals surface area contributed by atoms with Gasteiger partial charge in [-0.15, -0.1) is 0 Å². The lowest BCUT2D eigenvalue weighted by Crippen LogP contribution is -2.31. The van der Waals surface area contributed by atoms with E-state index >= 15 is 0 Å². The topological polar surface area (TPSA) is 147 Å². The van der Waals surface area contributed by atoms with E-state index in [0.29, 0.717) is 30.7 Å². The van der Waals surface area contributed by atoms with Gasteiger partial charge >= 0.3 is 5.97 Å². The number of carboxylic acids is 1. The molecule has 208 valence electrons. The fraction of sp³-hybridized carbons (Fsp3) is 0.429. The minimum absolute atomic E-state index is 0.0103. The van der Waals surface area contributed by atoms with Gasteiger partial charge in [-0.2, -0.15) is 5.10 Å². The number of ether oxygens (including phenoxy) is 2. The molecule has 1 fully saturated rings. The van der Waals surface area contributed by atoms with Gasteiger partial charge in [0.25, 0.3) is 0 Å². The molecule has 3 aromatic rings. The van der Waals surface area contributed by atoms with Gasteiger partial charge in [0.15, 0.2) is 11.4 Å². The zero-order valence-corrected chi connectivity index (χ0v) is 22.4. The SMILES string of the molecule is O=C(O)CCCCCCC(=O)Nc1ccc([C@H]2O[C@@H](CSc3ncn[nH]3)C[C@@H](c3ccc(CO)cc3)O2)cc1. The summed E-state index contributed by atoms with van der Waals surface area (Å²) < 4.78 is 12.7. The van der Waals surface area contributed by atoms with Gasteiger partial charge in [0, 0.05) is 36.3 Å². The van der Waals surface area contributed by atoms with Gasteiger partial charge in [0.2, 0.25) is 5.91 Å². The number of carbonyl (C=O) groups is 2. The second kappa shape index (κ2) is 14.8. The van der Waals surface area contributed by atoms with Crippen molar-refractivity contribution in [3.05, 3.63) is 71.5 Å². The minimum Gasteiger partial charge on any atom is -0.481 e. The number of aliphatic hydroxyl groups is 1. The molecule has 1 saturated heterocycles. The van der Waals surface area contributed by atoms with Gasteiger partial charge in [-0.05, 0) is 36.1 Å². The summed E-state index contributed by atoms with van der Waals surface area (Å²) in [5, 5.41) is 28.5. The fourth-order valence-corrected chi connectivity index (χ4v) is 5.12. The van der Waals surface area contributed by atoms with Gasteiger partial charge in [0.05, 0.1) is 18.8 Å². The number of aromatic amines is 1. The number of nitrogens with zero attached hydrogens (tertiary/aromatic N) is 2. The Labute approximate surface area is 231 Å². The molecule has 11 heteroatoms. The van der Waals surface area contributed by atoms with Gasteiger partial charge in [-0.25, -0.2) is 4.98 Å². The van der Waals surface area contributed by atoms with E-state index < -0.39 is 12.3 Å². The van der Waals surface area contributed by atoms with Crippen LogP contribution in [-0.4, -0.2) is 49.1 Å². The third-order valence-corrected chi connectivity index (χ3v) is 7.43. The number of nitrogens with one attached hydrogen (secondary N) is 2. The molecule has 0 saturated carbocycles. The number of carbonyl (C=O) groups excluding carboxylic acids is 1. The van der Waals surface area contributed by atoms with E-state index in [1.807, 2.05) is 48.5 Å². The second-order valence-electron chi connectivity index (χ2n) is 9.43. The van der Waals surface area contributed by atoms with Crippen molar-refractivity contribution < 1.29 is 29.3 Å². The van der Waals surface area contributed by atoms with Crippen LogP contribution in [0.3, 0.4) is 0 Å². The standard InChI is InChI=1S/C28H34N4O6S/c33-16-19-7-9-20(10-8-19)24-15-23(17-39-28-29-18-30-32-28)37-27(38-24)21-11-13-22(14-12-21)31-25(34)5-3-1-2-4-6-26(35)36/h7-14,18,23-24,27,33H,1-6,15-17H2,(H,31,34)(H,35,36)(H,29,30,32)/t23-,24+,27+/m1/s1. The number of H-pyrrole nitrogens is 1. The fourth-order valence-electron chi connectivity index (χ4n) is 4.32. The van der Waals surface area contributed by atoms with Crippen molar-refractivity contribution in [1.29, 1.82) is 0 Å². The van der Waals surface area contributed by atoms with Gasteiger partial charge in [-0.1, -0.05) is 61.0 Å². The molecular weight excluding hydrogens is 520 g/mol. The molecule has 1 amide bonds. The molecule has 0 spiro atoms. The van der Waals surface area contributed by atoms with Crippen LogP contribution in [-0.2, 0) is 25.7 Å². The molecule has 1 aliphatic rings. The number of hydrogen-bond acceptors (Lipinski definition) is 8. The molecule has 10 nitrogen and oxygen atoms in total. The van der Waals surface area contributed by atoms with Crippen LogP contribution in [0.15, 0.2) is 60.0 Å². The Morgan fingerprint density at radius 3 is 2.36 bits per heavy atom. The van der Waals surface area contributed by atoms with E-state index in [2.05, 4.69) is 20.5 Å². The number of anilines is 1. The molecule has 4 N–H and O–H groups in total. The molecule has 2 aromatic carbocycles. The first-order valence-corrected chi connectivity index (χ1v) is 14.1. The maximum Gasteiger partial charge on any atom is 0.303 e. The van der Waals surface area contributed by atoms with Crippen molar-refractivity contribution in [2.75, 3.05) is 11.1 Å². The highest BCUT2D eigenvalue weighted by Crippen LogP contribution is 2.39. The van der Waals surface area contributed by atoms with E-state index in [0.717, 1.165) is 41.1 Å². The van der Waals surface area contributed by atoms with Crippen LogP contribution in [0.1, 0.15) is 74.0 Å². The third kappa shape index (κ3) is 9.17. The van der Waals surface area contributed by atoms with Gasteiger partial charge in [0.1, 0.15) is 6.33 Å². The maximum absolute atomic E-state index is 12.3. The number of amides is 1. The average Bonchev–Trinajstić information content (AvgIpc) is 3.48. The lowest BCUT2D eigenvalue weighted by Gasteiger charge is -2.36. The van der Waals surface area contributed by atoms with Crippen LogP contribution >= 0.6 is 11.8 Å². The largest absolute Gasteiger partial charge is 0.481 e. The Morgan fingerprint density at radius 1 is 0.974 bits per heavy atom. The first-order chi connectivity index (χ1) is 19.0. The summed E-state index contributed by atoms with van der Waals surface area (Å²) in [6.45, 7) is -0.0103. The average molecular weight is 555 g/mol. The summed E-state index contributed by atoms with van der Waals surface area (Å²) in [5.41, 5.74) is 3.40. The number of benzene rings is 2. The summed E-state index contributed by atoms with van der Waals surface area (Å²) in [7, 11) is 0. The third-order valence-electron chi connectivity index (χ3n) is 6.42.